The first-order valence-corrected chi connectivity index (χ1v) is 6.00. The van der Waals surface area contributed by atoms with Crippen molar-refractivity contribution in [3.05, 3.63) is 53.7 Å². The summed E-state index contributed by atoms with van der Waals surface area (Å²) in [5, 5.41) is 11.7. The van der Waals surface area contributed by atoms with E-state index in [0.717, 1.165) is 16.8 Å². The minimum absolute atomic E-state index is 0.293. The van der Waals surface area contributed by atoms with Crippen LogP contribution >= 0.6 is 11.6 Å². The highest BCUT2D eigenvalue weighted by atomic mass is 35.5. The standard InChI is InChI=1S/C13H11ClN4/c14-13(8-15)7-6-10-12(17-18-16-10)11(13)9-4-2-1-3-5-9/h1-7H,8,15H2. The Bertz CT molecular complexity index is 601. The number of alkyl halides is 1. The highest BCUT2D eigenvalue weighted by Gasteiger charge is 2.37. The van der Waals surface area contributed by atoms with Crippen LogP contribution in [0.15, 0.2) is 63.6 Å². The van der Waals surface area contributed by atoms with Crippen LogP contribution in [0, 0.1) is 0 Å². The number of benzene rings is 1. The van der Waals surface area contributed by atoms with E-state index < -0.39 is 4.87 Å². The lowest BCUT2D eigenvalue weighted by Crippen LogP contribution is -2.34. The molecule has 5 heteroatoms. The molecular weight excluding hydrogens is 248 g/mol. The van der Waals surface area contributed by atoms with Crippen LogP contribution in [0.2, 0.25) is 0 Å². The summed E-state index contributed by atoms with van der Waals surface area (Å²) in [6.07, 6.45) is 3.68. The molecule has 0 spiro atoms. The molecule has 1 aliphatic carbocycles. The van der Waals surface area contributed by atoms with Crippen LogP contribution in [0.3, 0.4) is 0 Å². The molecule has 0 radical (unpaired) electrons. The van der Waals surface area contributed by atoms with Crippen LogP contribution in [0.1, 0.15) is 5.56 Å². The van der Waals surface area contributed by atoms with Gasteiger partial charge in [0.05, 0.1) is 0 Å². The maximum atomic E-state index is 6.60. The Labute approximate surface area is 110 Å². The van der Waals surface area contributed by atoms with Gasteiger partial charge in [-0.05, 0) is 16.9 Å². The summed E-state index contributed by atoms with van der Waals surface area (Å²) in [5.74, 6) is 0. The van der Waals surface area contributed by atoms with Gasteiger partial charge in [-0.2, -0.15) is 0 Å². The third-order valence-corrected chi connectivity index (χ3v) is 3.53. The summed E-state index contributed by atoms with van der Waals surface area (Å²) >= 11 is 6.60. The zero-order valence-electron chi connectivity index (χ0n) is 9.55. The number of nitrogens with two attached hydrogens (primary N) is 1. The summed E-state index contributed by atoms with van der Waals surface area (Å²) in [7, 11) is 0. The molecule has 0 amide bonds. The molecule has 18 heavy (non-hydrogen) atoms. The number of rotatable bonds is 2. The second kappa shape index (κ2) is 4.15. The van der Waals surface area contributed by atoms with E-state index in [1.807, 2.05) is 42.5 Å². The fraction of sp³-hybridized carbons (Fsp3) is 0.154. The van der Waals surface area contributed by atoms with Gasteiger partial charge in [0.1, 0.15) is 16.3 Å². The Morgan fingerprint density at radius 3 is 2.72 bits per heavy atom. The van der Waals surface area contributed by atoms with E-state index >= 15 is 0 Å². The average molecular weight is 259 g/mol. The van der Waals surface area contributed by atoms with Crippen molar-refractivity contribution in [2.75, 3.05) is 6.54 Å². The first kappa shape index (κ1) is 11.3. The topological polar surface area (TPSA) is 63.1 Å². The number of nitrogens with zero attached hydrogens (tertiary/aromatic N) is 3. The molecule has 1 unspecified atom stereocenters. The normalized spacial score (nSPS) is 25.3. The molecule has 1 aromatic carbocycles. The van der Waals surface area contributed by atoms with Crippen LogP contribution < -0.4 is 5.73 Å². The molecule has 0 saturated heterocycles. The van der Waals surface area contributed by atoms with E-state index in [1.165, 1.54) is 0 Å². The van der Waals surface area contributed by atoms with Crippen molar-refractivity contribution >= 4 is 22.9 Å². The molecule has 90 valence electrons. The van der Waals surface area contributed by atoms with E-state index in [-0.39, 0.29) is 0 Å². The van der Waals surface area contributed by atoms with Crippen molar-refractivity contribution in [3.8, 4) is 0 Å². The minimum Gasteiger partial charge on any atom is -0.328 e. The van der Waals surface area contributed by atoms with Crippen LogP contribution in [-0.4, -0.2) is 17.1 Å². The van der Waals surface area contributed by atoms with E-state index in [1.54, 1.807) is 0 Å². The second-order valence-electron chi connectivity index (χ2n) is 4.16. The third kappa shape index (κ3) is 1.62. The molecule has 1 aromatic rings. The Morgan fingerprint density at radius 1 is 1.22 bits per heavy atom. The number of hydrogen-bond acceptors (Lipinski definition) is 4. The first-order chi connectivity index (χ1) is 8.74. The van der Waals surface area contributed by atoms with Gasteiger partial charge in [-0.25, -0.2) is 0 Å². The lowest BCUT2D eigenvalue weighted by Gasteiger charge is -2.29. The predicted octanol–water partition coefficient (Wildman–Crippen LogP) is 2.73. The van der Waals surface area contributed by atoms with Crippen LogP contribution in [-0.2, 0) is 0 Å². The molecule has 2 aliphatic rings. The van der Waals surface area contributed by atoms with E-state index in [4.69, 9.17) is 17.3 Å². The fourth-order valence-corrected chi connectivity index (χ4v) is 2.41. The average Bonchev–Trinajstić information content (AvgIpc) is 2.87. The van der Waals surface area contributed by atoms with Crippen molar-refractivity contribution < 1.29 is 0 Å². The molecule has 0 saturated carbocycles. The molecular formula is C13H11ClN4. The van der Waals surface area contributed by atoms with E-state index in [9.17, 15) is 0 Å². The van der Waals surface area contributed by atoms with Crippen molar-refractivity contribution in [2.24, 2.45) is 21.2 Å². The SMILES string of the molecule is NCC1(Cl)C=CC2=NN=NC2=C1c1ccccc1. The van der Waals surface area contributed by atoms with Crippen molar-refractivity contribution in [1.82, 2.24) is 0 Å². The molecule has 1 heterocycles. The number of fused-ring (bicyclic) bond motifs is 1. The quantitative estimate of drug-likeness (QED) is 0.815. The molecule has 0 fully saturated rings. The lowest BCUT2D eigenvalue weighted by molar-refractivity contribution is 0.870. The zero-order valence-corrected chi connectivity index (χ0v) is 10.3. The maximum absolute atomic E-state index is 6.60. The third-order valence-electron chi connectivity index (χ3n) is 3.06. The number of hydrogen-bond donors (Lipinski definition) is 1. The van der Waals surface area contributed by atoms with E-state index in [0.29, 0.717) is 12.2 Å². The van der Waals surface area contributed by atoms with Crippen LogP contribution in [0.5, 0.6) is 0 Å². The summed E-state index contributed by atoms with van der Waals surface area (Å²) in [6, 6.07) is 9.84. The lowest BCUT2D eigenvalue weighted by atomic mass is 9.85. The smallest absolute Gasteiger partial charge is 0.121 e. The van der Waals surface area contributed by atoms with Crippen molar-refractivity contribution in [2.45, 2.75) is 4.87 Å². The minimum atomic E-state index is -0.751. The molecule has 4 nitrogen and oxygen atoms in total. The zero-order chi connectivity index (χ0) is 12.6. The van der Waals surface area contributed by atoms with Gasteiger partial charge in [-0.15, -0.1) is 21.8 Å². The Morgan fingerprint density at radius 2 is 2.00 bits per heavy atom. The summed E-state index contributed by atoms with van der Waals surface area (Å²) in [6.45, 7) is 0.293. The van der Waals surface area contributed by atoms with Gasteiger partial charge in [0.2, 0.25) is 0 Å². The van der Waals surface area contributed by atoms with Gasteiger partial charge < -0.3 is 5.73 Å². The first-order valence-electron chi connectivity index (χ1n) is 5.62. The van der Waals surface area contributed by atoms with Crippen molar-refractivity contribution in [3.63, 3.8) is 0 Å². The van der Waals surface area contributed by atoms with Gasteiger partial charge >= 0.3 is 0 Å². The Kier molecular flexibility index (Phi) is 2.61. The monoisotopic (exact) mass is 258 g/mol. The second-order valence-corrected chi connectivity index (χ2v) is 4.84. The number of halogens is 1. The molecule has 0 aromatic heterocycles. The Hall–Kier alpha value is -1.78. The highest BCUT2D eigenvalue weighted by molar-refractivity contribution is 6.35. The van der Waals surface area contributed by atoms with Gasteiger partial charge in [-0.1, -0.05) is 36.4 Å². The van der Waals surface area contributed by atoms with Crippen LogP contribution in [0.4, 0.5) is 0 Å². The summed E-state index contributed by atoms with van der Waals surface area (Å²) < 4.78 is 0. The molecule has 1 aliphatic heterocycles. The van der Waals surface area contributed by atoms with Gasteiger partial charge in [0.15, 0.2) is 0 Å². The summed E-state index contributed by atoms with van der Waals surface area (Å²) in [4.78, 5) is -0.751. The predicted molar refractivity (Wildman–Crippen MR) is 72.4 cm³/mol. The van der Waals surface area contributed by atoms with E-state index in [2.05, 4.69) is 15.4 Å². The fourth-order valence-electron chi connectivity index (χ4n) is 2.15. The maximum Gasteiger partial charge on any atom is 0.121 e. The molecule has 1 atom stereocenters. The Balaban J connectivity index is 2.24. The number of allylic oxidation sites excluding steroid dienone is 1. The van der Waals surface area contributed by atoms with Crippen LogP contribution in [0.25, 0.3) is 5.57 Å². The molecule has 0 bridgehead atoms. The molecule has 2 N–H and O–H groups in total. The highest BCUT2D eigenvalue weighted by Crippen LogP contribution is 2.41. The van der Waals surface area contributed by atoms with Gasteiger partial charge in [0.25, 0.3) is 0 Å². The van der Waals surface area contributed by atoms with Gasteiger partial charge in [0, 0.05) is 12.1 Å². The molecule has 3 rings (SSSR count). The van der Waals surface area contributed by atoms with Gasteiger partial charge in [-0.3, -0.25) is 0 Å². The van der Waals surface area contributed by atoms with Crippen molar-refractivity contribution in [1.29, 1.82) is 0 Å². The largest absolute Gasteiger partial charge is 0.328 e. The summed E-state index contributed by atoms with van der Waals surface area (Å²) in [5.41, 5.74) is 9.13.